The van der Waals surface area contributed by atoms with Gasteiger partial charge in [-0.2, -0.15) is 0 Å². The van der Waals surface area contributed by atoms with Crippen molar-refractivity contribution >= 4 is 17.9 Å². The lowest BCUT2D eigenvalue weighted by atomic mass is 9.87. The smallest absolute Gasteiger partial charge is 0.347 e. The number of nitrogens with one attached hydrogen (secondary N) is 1. The van der Waals surface area contributed by atoms with Crippen molar-refractivity contribution in [3.05, 3.63) is 29.8 Å². The van der Waals surface area contributed by atoms with Crippen LogP contribution in [0.15, 0.2) is 24.3 Å². The Morgan fingerprint density at radius 3 is 2.22 bits per heavy atom. The van der Waals surface area contributed by atoms with Gasteiger partial charge in [0.15, 0.2) is 12.7 Å². The summed E-state index contributed by atoms with van der Waals surface area (Å²) >= 11 is 0. The van der Waals surface area contributed by atoms with Crippen LogP contribution in [0.2, 0.25) is 0 Å². The highest BCUT2D eigenvalue weighted by Crippen LogP contribution is 2.24. The van der Waals surface area contributed by atoms with E-state index in [1.165, 1.54) is 6.92 Å². The molecule has 1 rings (SSSR count). The maximum atomic E-state index is 11.7. The highest BCUT2D eigenvalue weighted by Gasteiger charge is 2.19. The van der Waals surface area contributed by atoms with Gasteiger partial charge in [-0.1, -0.05) is 32.9 Å². The van der Waals surface area contributed by atoms with Crippen LogP contribution in [0.1, 0.15) is 33.3 Å². The highest BCUT2D eigenvalue weighted by molar-refractivity contribution is 5.94. The summed E-state index contributed by atoms with van der Waals surface area (Å²) in [5.41, 5.74) is 5.93. The molecular weight excluding hydrogens is 300 g/mol. The molecule has 1 aromatic carbocycles. The normalized spacial score (nSPS) is 12.2. The lowest BCUT2D eigenvalue weighted by Crippen LogP contribution is -2.39. The van der Waals surface area contributed by atoms with Gasteiger partial charge in [0.2, 0.25) is 0 Å². The summed E-state index contributed by atoms with van der Waals surface area (Å²) in [6.45, 7) is 7.20. The van der Waals surface area contributed by atoms with Gasteiger partial charge in [-0.25, -0.2) is 9.59 Å². The summed E-state index contributed by atoms with van der Waals surface area (Å²) in [5.74, 6) is -0.999. The lowest BCUT2D eigenvalue weighted by Gasteiger charge is -2.20. The predicted octanol–water partition coefficient (Wildman–Crippen LogP) is 1.49. The Labute approximate surface area is 135 Å². The van der Waals surface area contributed by atoms with Gasteiger partial charge < -0.3 is 15.2 Å². The fourth-order valence-electron chi connectivity index (χ4n) is 1.71. The number of ether oxygens (including phenoxy) is 2. The van der Waals surface area contributed by atoms with E-state index in [4.69, 9.17) is 15.2 Å². The van der Waals surface area contributed by atoms with E-state index in [0.717, 1.165) is 5.56 Å². The molecule has 0 saturated heterocycles. The Bertz CT molecular complexity index is 575. The fourth-order valence-corrected chi connectivity index (χ4v) is 1.71. The zero-order chi connectivity index (χ0) is 17.6. The van der Waals surface area contributed by atoms with Crippen molar-refractivity contribution < 1.29 is 23.9 Å². The Morgan fingerprint density at radius 1 is 1.17 bits per heavy atom. The van der Waals surface area contributed by atoms with Gasteiger partial charge in [0.1, 0.15) is 5.75 Å². The third-order valence-corrected chi connectivity index (χ3v) is 2.97. The molecule has 0 spiro atoms. The van der Waals surface area contributed by atoms with E-state index in [0.29, 0.717) is 5.75 Å². The van der Waals surface area contributed by atoms with Crippen LogP contribution in [0.4, 0.5) is 4.79 Å². The second kappa shape index (κ2) is 7.62. The third kappa shape index (κ3) is 6.37. The number of imide groups is 1. The largest absolute Gasteiger partial charge is 0.479 e. The van der Waals surface area contributed by atoms with Crippen molar-refractivity contribution in [2.75, 3.05) is 6.61 Å². The van der Waals surface area contributed by atoms with Crippen molar-refractivity contribution in [1.29, 1.82) is 0 Å². The Kier molecular flexibility index (Phi) is 6.12. The van der Waals surface area contributed by atoms with Crippen LogP contribution in [0.3, 0.4) is 0 Å². The number of amides is 3. The number of esters is 1. The summed E-state index contributed by atoms with van der Waals surface area (Å²) in [7, 11) is 0. The van der Waals surface area contributed by atoms with Crippen LogP contribution in [0, 0.1) is 0 Å². The minimum absolute atomic E-state index is 0.0247. The van der Waals surface area contributed by atoms with E-state index < -0.39 is 30.6 Å². The maximum absolute atomic E-state index is 11.7. The van der Waals surface area contributed by atoms with Crippen molar-refractivity contribution in [3.8, 4) is 5.75 Å². The fraction of sp³-hybridized carbons (Fsp3) is 0.438. The number of carbonyl (C=O) groups is 3. The molecule has 126 valence electrons. The van der Waals surface area contributed by atoms with Crippen LogP contribution in [-0.2, 0) is 19.7 Å². The number of primary amides is 1. The number of carbonyl (C=O) groups excluding carboxylic acids is 3. The zero-order valence-corrected chi connectivity index (χ0v) is 13.7. The van der Waals surface area contributed by atoms with Crippen molar-refractivity contribution in [2.45, 2.75) is 39.2 Å². The molecule has 7 heteroatoms. The molecule has 0 aliphatic heterocycles. The molecule has 0 aliphatic rings. The molecule has 0 unspecified atom stereocenters. The Morgan fingerprint density at radius 2 is 1.74 bits per heavy atom. The molecule has 1 aromatic rings. The Balaban J connectivity index is 2.52. The summed E-state index contributed by atoms with van der Waals surface area (Å²) in [6.07, 6.45) is -0.892. The second-order valence-electron chi connectivity index (χ2n) is 6.05. The van der Waals surface area contributed by atoms with E-state index in [2.05, 4.69) is 20.8 Å². The molecule has 0 saturated carbocycles. The molecule has 0 radical (unpaired) electrons. The number of rotatable bonds is 5. The molecule has 1 atom stereocenters. The average molecular weight is 322 g/mol. The van der Waals surface area contributed by atoms with Gasteiger partial charge in [0.05, 0.1) is 0 Å². The van der Waals surface area contributed by atoms with Gasteiger partial charge >= 0.3 is 12.0 Å². The summed E-state index contributed by atoms with van der Waals surface area (Å²) in [5, 5.41) is 1.79. The lowest BCUT2D eigenvalue weighted by molar-refractivity contribution is -0.154. The zero-order valence-electron chi connectivity index (χ0n) is 13.7. The van der Waals surface area contributed by atoms with Gasteiger partial charge in [-0.15, -0.1) is 0 Å². The van der Waals surface area contributed by atoms with Gasteiger partial charge in [-0.05, 0) is 30.0 Å². The first-order chi connectivity index (χ1) is 10.6. The van der Waals surface area contributed by atoms with Gasteiger partial charge in [0.25, 0.3) is 5.91 Å². The van der Waals surface area contributed by atoms with E-state index in [-0.39, 0.29) is 5.41 Å². The Hall–Kier alpha value is -2.57. The number of nitrogens with two attached hydrogens (primary N) is 1. The van der Waals surface area contributed by atoms with Gasteiger partial charge in [0, 0.05) is 0 Å². The molecule has 0 aliphatic carbocycles. The molecule has 7 nitrogen and oxygen atoms in total. The molecule has 0 fully saturated rings. The molecule has 3 amide bonds. The molecule has 23 heavy (non-hydrogen) atoms. The first-order valence-electron chi connectivity index (χ1n) is 7.12. The molecule has 0 heterocycles. The molecular formula is C16H22N2O5. The van der Waals surface area contributed by atoms with Crippen LogP contribution in [0.25, 0.3) is 0 Å². The molecule has 0 bridgehead atoms. The average Bonchev–Trinajstić information content (AvgIpc) is 2.43. The standard InChI is InChI=1S/C16H22N2O5/c1-10(14(20)22-9-13(19)18-15(17)21)23-12-7-5-11(6-8-12)16(2,3)4/h5-8,10H,9H2,1-4H3,(H3,17,18,19,21)/t10-/m0/s1. The van der Waals surface area contributed by atoms with Crippen LogP contribution >= 0.6 is 0 Å². The van der Waals surface area contributed by atoms with Crippen molar-refractivity contribution in [3.63, 3.8) is 0 Å². The predicted molar refractivity (Wildman–Crippen MR) is 83.9 cm³/mol. The van der Waals surface area contributed by atoms with Crippen molar-refractivity contribution in [2.24, 2.45) is 5.73 Å². The maximum Gasteiger partial charge on any atom is 0.347 e. The number of urea groups is 1. The van der Waals surface area contributed by atoms with E-state index in [1.54, 1.807) is 17.4 Å². The first-order valence-corrected chi connectivity index (χ1v) is 7.12. The molecule has 0 aromatic heterocycles. The first kappa shape index (κ1) is 18.5. The summed E-state index contributed by atoms with van der Waals surface area (Å²) in [4.78, 5) is 33.3. The van der Waals surface area contributed by atoms with E-state index in [9.17, 15) is 14.4 Å². The van der Waals surface area contributed by atoms with E-state index >= 15 is 0 Å². The SMILES string of the molecule is C[C@H](Oc1ccc(C(C)(C)C)cc1)C(=O)OCC(=O)NC(N)=O. The second-order valence-corrected chi connectivity index (χ2v) is 6.05. The minimum Gasteiger partial charge on any atom is -0.479 e. The van der Waals surface area contributed by atoms with Crippen LogP contribution < -0.4 is 15.8 Å². The number of benzene rings is 1. The van der Waals surface area contributed by atoms with Gasteiger partial charge in [-0.3, -0.25) is 10.1 Å². The number of hydrogen-bond acceptors (Lipinski definition) is 5. The number of hydrogen-bond donors (Lipinski definition) is 2. The van der Waals surface area contributed by atoms with Crippen molar-refractivity contribution in [1.82, 2.24) is 5.32 Å². The topological polar surface area (TPSA) is 108 Å². The highest BCUT2D eigenvalue weighted by atomic mass is 16.6. The summed E-state index contributed by atoms with van der Waals surface area (Å²) < 4.78 is 10.2. The van der Waals surface area contributed by atoms with Crippen LogP contribution in [0.5, 0.6) is 5.75 Å². The van der Waals surface area contributed by atoms with E-state index in [1.807, 2.05) is 12.1 Å². The quantitative estimate of drug-likeness (QED) is 0.799. The summed E-state index contributed by atoms with van der Waals surface area (Å²) in [6, 6.07) is 6.38. The minimum atomic E-state index is -1.01. The third-order valence-electron chi connectivity index (χ3n) is 2.97. The molecule has 3 N–H and O–H groups in total. The monoisotopic (exact) mass is 322 g/mol. The van der Waals surface area contributed by atoms with Crippen LogP contribution in [-0.4, -0.2) is 30.6 Å².